The summed E-state index contributed by atoms with van der Waals surface area (Å²) in [5, 5.41) is 0.321. The van der Waals surface area contributed by atoms with Crippen LogP contribution in [0.4, 0.5) is 8.78 Å². The average Bonchev–Trinajstić information content (AvgIpc) is 2.58. The maximum atomic E-state index is 12.9. The van der Waals surface area contributed by atoms with Gasteiger partial charge in [-0.1, -0.05) is 11.6 Å². The molecule has 0 aromatic carbocycles. The second-order valence-electron chi connectivity index (χ2n) is 3.68. The highest BCUT2D eigenvalue weighted by atomic mass is 35.5. The van der Waals surface area contributed by atoms with Crippen molar-refractivity contribution in [3.63, 3.8) is 0 Å². The molecule has 0 bridgehead atoms. The summed E-state index contributed by atoms with van der Waals surface area (Å²) in [6, 6.07) is 1.57. The fraction of sp³-hybridized carbons (Fsp3) is 0.444. The van der Waals surface area contributed by atoms with Gasteiger partial charge in [0.2, 0.25) is 0 Å². The van der Waals surface area contributed by atoms with Crippen LogP contribution in [0, 0.1) is 6.92 Å². The second kappa shape index (κ2) is 2.64. The van der Waals surface area contributed by atoms with Crippen LogP contribution < -0.4 is 5.73 Å². The highest BCUT2D eigenvalue weighted by Gasteiger charge is 2.70. The Balaban J connectivity index is 2.40. The van der Waals surface area contributed by atoms with Gasteiger partial charge in [0.25, 0.3) is 5.92 Å². The molecule has 76 valence electrons. The van der Waals surface area contributed by atoms with Gasteiger partial charge in [-0.25, -0.2) is 13.8 Å². The number of alkyl halides is 2. The zero-order valence-electron chi connectivity index (χ0n) is 7.52. The van der Waals surface area contributed by atoms with Gasteiger partial charge in [-0.2, -0.15) is 0 Å². The second-order valence-corrected chi connectivity index (χ2v) is 4.04. The van der Waals surface area contributed by atoms with Crippen molar-refractivity contribution in [2.45, 2.75) is 24.8 Å². The van der Waals surface area contributed by atoms with E-state index in [0.29, 0.717) is 16.3 Å². The van der Waals surface area contributed by atoms with Crippen LogP contribution in [0.25, 0.3) is 0 Å². The lowest BCUT2D eigenvalue weighted by Gasteiger charge is -2.11. The van der Waals surface area contributed by atoms with E-state index < -0.39 is 11.5 Å². The summed E-state index contributed by atoms with van der Waals surface area (Å²) in [6.45, 7) is 1.71. The number of hydrogen-bond acceptors (Lipinski definition) is 2. The van der Waals surface area contributed by atoms with Gasteiger partial charge in [-0.3, -0.25) is 0 Å². The van der Waals surface area contributed by atoms with Gasteiger partial charge in [-0.15, -0.1) is 0 Å². The Morgan fingerprint density at radius 2 is 2.14 bits per heavy atom. The number of halogens is 3. The van der Waals surface area contributed by atoms with Gasteiger partial charge >= 0.3 is 0 Å². The van der Waals surface area contributed by atoms with E-state index in [-0.39, 0.29) is 6.42 Å². The molecule has 0 radical (unpaired) electrons. The van der Waals surface area contributed by atoms with Crippen LogP contribution in [0.15, 0.2) is 12.3 Å². The van der Waals surface area contributed by atoms with Crippen LogP contribution >= 0.6 is 11.6 Å². The molecule has 0 saturated heterocycles. The lowest BCUT2D eigenvalue weighted by Crippen LogP contribution is -2.27. The molecule has 14 heavy (non-hydrogen) atoms. The summed E-state index contributed by atoms with van der Waals surface area (Å²) in [4.78, 5) is 3.80. The van der Waals surface area contributed by atoms with E-state index in [2.05, 4.69) is 4.98 Å². The predicted octanol–water partition coefficient (Wildman–Crippen LogP) is 2.24. The predicted molar refractivity (Wildman–Crippen MR) is 49.4 cm³/mol. The maximum absolute atomic E-state index is 12.9. The van der Waals surface area contributed by atoms with Crippen LogP contribution in [0.2, 0.25) is 5.15 Å². The standard InChI is InChI=1S/C9H9ClF2N2/c1-5-2-6(3-14-7(5)10)8(13)4-9(8,11)12/h2-3H,4,13H2,1H3. The molecular weight excluding hydrogens is 210 g/mol. The van der Waals surface area contributed by atoms with Crippen molar-refractivity contribution in [2.24, 2.45) is 5.73 Å². The Morgan fingerprint density at radius 1 is 1.57 bits per heavy atom. The molecule has 1 heterocycles. The number of nitrogens with two attached hydrogens (primary N) is 1. The fourth-order valence-corrected chi connectivity index (χ4v) is 1.52. The zero-order chi connectivity index (χ0) is 10.6. The molecule has 1 fully saturated rings. The van der Waals surface area contributed by atoms with Crippen molar-refractivity contribution in [2.75, 3.05) is 0 Å². The lowest BCUT2D eigenvalue weighted by atomic mass is 10.1. The first-order chi connectivity index (χ1) is 6.37. The summed E-state index contributed by atoms with van der Waals surface area (Å²) in [6.07, 6.45) is 0.999. The number of aromatic nitrogens is 1. The third-order valence-electron chi connectivity index (χ3n) is 2.56. The molecule has 5 heteroatoms. The number of rotatable bonds is 1. The molecule has 2 N–H and O–H groups in total. The van der Waals surface area contributed by atoms with Crippen molar-refractivity contribution in [1.29, 1.82) is 0 Å². The van der Waals surface area contributed by atoms with Crippen LogP contribution in [-0.2, 0) is 5.54 Å². The van der Waals surface area contributed by atoms with Crippen LogP contribution in [0.5, 0.6) is 0 Å². The van der Waals surface area contributed by atoms with Gasteiger partial charge in [0.15, 0.2) is 0 Å². The fourth-order valence-electron chi connectivity index (χ4n) is 1.42. The molecule has 0 aliphatic heterocycles. The van der Waals surface area contributed by atoms with E-state index in [4.69, 9.17) is 17.3 Å². The van der Waals surface area contributed by atoms with Crippen molar-refractivity contribution in [3.8, 4) is 0 Å². The number of nitrogens with zero attached hydrogens (tertiary/aromatic N) is 1. The number of aryl methyl sites for hydroxylation is 1. The minimum atomic E-state index is -2.81. The Kier molecular flexibility index (Phi) is 1.85. The smallest absolute Gasteiger partial charge is 0.272 e. The molecule has 1 aromatic rings. The third kappa shape index (κ3) is 1.21. The minimum Gasteiger partial charge on any atom is -0.316 e. The van der Waals surface area contributed by atoms with E-state index in [1.165, 1.54) is 6.20 Å². The monoisotopic (exact) mass is 218 g/mol. The zero-order valence-corrected chi connectivity index (χ0v) is 8.28. The summed E-state index contributed by atoms with van der Waals surface area (Å²) < 4.78 is 25.8. The normalized spacial score (nSPS) is 28.9. The first kappa shape index (κ1) is 9.80. The van der Waals surface area contributed by atoms with Gasteiger partial charge in [0.05, 0.1) is 0 Å². The van der Waals surface area contributed by atoms with E-state index in [1.54, 1.807) is 13.0 Å². The Morgan fingerprint density at radius 3 is 2.57 bits per heavy atom. The molecule has 2 rings (SSSR count). The van der Waals surface area contributed by atoms with Gasteiger partial charge in [-0.05, 0) is 24.1 Å². The van der Waals surface area contributed by atoms with E-state index in [1.807, 2.05) is 0 Å². The highest BCUT2D eigenvalue weighted by Crippen LogP contribution is 2.57. The third-order valence-corrected chi connectivity index (χ3v) is 2.95. The van der Waals surface area contributed by atoms with Crippen LogP contribution in [0.3, 0.4) is 0 Å². The molecule has 1 aliphatic rings. The van der Waals surface area contributed by atoms with E-state index in [9.17, 15) is 8.78 Å². The molecule has 1 unspecified atom stereocenters. The van der Waals surface area contributed by atoms with Crippen LogP contribution in [-0.4, -0.2) is 10.9 Å². The van der Waals surface area contributed by atoms with Crippen molar-refractivity contribution in [1.82, 2.24) is 4.98 Å². The molecule has 2 nitrogen and oxygen atoms in total. The number of hydrogen-bond donors (Lipinski definition) is 1. The molecule has 0 spiro atoms. The highest BCUT2D eigenvalue weighted by molar-refractivity contribution is 6.30. The van der Waals surface area contributed by atoms with Gasteiger partial charge in [0, 0.05) is 12.6 Å². The van der Waals surface area contributed by atoms with E-state index in [0.717, 1.165) is 0 Å². The number of pyridine rings is 1. The lowest BCUT2D eigenvalue weighted by molar-refractivity contribution is 0.0890. The van der Waals surface area contributed by atoms with Crippen molar-refractivity contribution < 1.29 is 8.78 Å². The summed E-state index contributed by atoms with van der Waals surface area (Å²) in [5.74, 6) is -2.81. The largest absolute Gasteiger partial charge is 0.316 e. The molecule has 1 atom stereocenters. The Bertz CT molecular complexity index is 394. The summed E-state index contributed by atoms with van der Waals surface area (Å²) >= 11 is 5.68. The SMILES string of the molecule is Cc1cc(C2(N)CC2(F)F)cnc1Cl. The molecule has 1 aromatic heterocycles. The van der Waals surface area contributed by atoms with Crippen LogP contribution in [0.1, 0.15) is 17.5 Å². The molecule has 1 saturated carbocycles. The Hall–Kier alpha value is -0.740. The first-order valence-electron chi connectivity index (χ1n) is 4.16. The topological polar surface area (TPSA) is 38.9 Å². The van der Waals surface area contributed by atoms with Gasteiger partial charge in [0.1, 0.15) is 10.7 Å². The first-order valence-corrected chi connectivity index (χ1v) is 4.54. The van der Waals surface area contributed by atoms with Crippen molar-refractivity contribution >= 4 is 11.6 Å². The quantitative estimate of drug-likeness (QED) is 0.735. The molecule has 0 amide bonds. The maximum Gasteiger partial charge on any atom is 0.272 e. The minimum absolute atomic E-state index is 0.317. The molecular formula is C9H9ClF2N2. The van der Waals surface area contributed by atoms with Gasteiger partial charge < -0.3 is 5.73 Å². The average molecular weight is 219 g/mol. The van der Waals surface area contributed by atoms with Crippen molar-refractivity contribution in [3.05, 3.63) is 28.5 Å². The summed E-state index contributed by atoms with van der Waals surface area (Å²) in [5.41, 5.74) is 5.01. The summed E-state index contributed by atoms with van der Waals surface area (Å²) in [7, 11) is 0. The Labute approximate surface area is 85.1 Å². The van der Waals surface area contributed by atoms with E-state index >= 15 is 0 Å². The molecule has 1 aliphatic carbocycles.